The van der Waals surface area contributed by atoms with Gasteiger partial charge in [-0.05, 0) is 58.5 Å². The first-order valence-corrected chi connectivity index (χ1v) is 8.41. The highest BCUT2D eigenvalue weighted by molar-refractivity contribution is 9.10. The van der Waals surface area contributed by atoms with Gasteiger partial charge in [0.1, 0.15) is 0 Å². The fourth-order valence-corrected chi connectivity index (χ4v) is 3.42. The lowest BCUT2D eigenvalue weighted by atomic mass is 9.76. The standard InChI is InChI=1S/C15H13Br2ClN2/c16-11-3-1-2-9(4-11)10-5-13(6-10)20-14-7-12(17)8-19-15(14)18/h1-4,7-8,10,13,20H,5-6H2. The first-order valence-electron chi connectivity index (χ1n) is 6.45. The molecule has 0 spiro atoms. The van der Waals surface area contributed by atoms with Crippen molar-refractivity contribution in [3.8, 4) is 0 Å². The number of hydrogen-bond acceptors (Lipinski definition) is 2. The van der Waals surface area contributed by atoms with Gasteiger partial charge in [-0.3, -0.25) is 0 Å². The summed E-state index contributed by atoms with van der Waals surface area (Å²) in [5.74, 6) is 0.629. The normalized spacial score (nSPS) is 21.4. The van der Waals surface area contributed by atoms with E-state index in [-0.39, 0.29) is 0 Å². The molecule has 0 atom stereocenters. The van der Waals surface area contributed by atoms with Crippen LogP contribution in [0.5, 0.6) is 0 Å². The van der Waals surface area contributed by atoms with Crippen LogP contribution in [0.25, 0.3) is 0 Å². The van der Waals surface area contributed by atoms with Crippen molar-refractivity contribution < 1.29 is 0 Å². The molecule has 0 unspecified atom stereocenters. The highest BCUT2D eigenvalue weighted by Crippen LogP contribution is 2.40. The fraction of sp³-hybridized carbons (Fsp3) is 0.267. The van der Waals surface area contributed by atoms with Gasteiger partial charge in [0.25, 0.3) is 0 Å². The van der Waals surface area contributed by atoms with E-state index in [2.05, 4.69) is 66.4 Å². The van der Waals surface area contributed by atoms with Crippen LogP contribution < -0.4 is 5.32 Å². The van der Waals surface area contributed by atoms with Crippen LogP contribution in [0.3, 0.4) is 0 Å². The summed E-state index contributed by atoms with van der Waals surface area (Å²) in [7, 11) is 0. The van der Waals surface area contributed by atoms with Gasteiger partial charge in [-0.1, -0.05) is 39.7 Å². The van der Waals surface area contributed by atoms with E-state index in [9.17, 15) is 0 Å². The Morgan fingerprint density at radius 1 is 1.15 bits per heavy atom. The SMILES string of the molecule is Clc1ncc(Br)cc1NC1CC(c2cccc(Br)c2)C1. The summed E-state index contributed by atoms with van der Waals surface area (Å²) in [6, 6.07) is 11.0. The highest BCUT2D eigenvalue weighted by Gasteiger charge is 2.30. The second-order valence-electron chi connectivity index (χ2n) is 5.06. The Morgan fingerprint density at radius 3 is 2.70 bits per heavy atom. The molecule has 104 valence electrons. The lowest BCUT2D eigenvalue weighted by Crippen LogP contribution is -2.34. The van der Waals surface area contributed by atoms with Gasteiger partial charge in [0.05, 0.1) is 5.69 Å². The van der Waals surface area contributed by atoms with Crippen molar-refractivity contribution >= 4 is 49.1 Å². The number of benzene rings is 1. The molecule has 3 rings (SSSR count). The maximum Gasteiger partial charge on any atom is 0.152 e. The average Bonchev–Trinajstić information content (AvgIpc) is 2.37. The third-order valence-electron chi connectivity index (χ3n) is 3.62. The minimum absolute atomic E-state index is 0.465. The average molecular weight is 417 g/mol. The Morgan fingerprint density at radius 2 is 1.95 bits per heavy atom. The molecule has 2 nitrogen and oxygen atoms in total. The zero-order chi connectivity index (χ0) is 14.1. The molecule has 2 aromatic rings. The van der Waals surface area contributed by atoms with Crippen molar-refractivity contribution in [2.24, 2.45) is 0 Å². The lowest BCUT2D eigenvalue weighted by molar-refractivity contribution is 0.374. The van der Waals surface area contributed by atoms with Gasteiger partial charge in [0.15, 0.2) is 5.15 Å². The number of rotatable bonds is 3. The summed E-state index contributed by atoms with van der Waals surface area (Å²) in [4.78, 5) is 4.13. The second-order valence-corrected chi connectivity index (χ2v) is 7.25. The molecule has 0 radical (unpaired) electrons. The van der Waals surface area contributed by atoms with Crippen LogP contribution in [0, 0.1) is 0 Å². The zero-order valence-electron chi connectivity index (χ0n) is 10.6. The molecule has 1 heterocycles. The monoisotopic (exact) mass is 414 g/mol. The van der Waals surface area contributed by atoms with E-state index in [1.807, 2.05) is 6.07 Å². The maximum absolute atomic E-state index is 6.09. The molecule has 1 aromatic heterocycles. The summed E-state index contributed by atoms with van der Waals surface area (Å²) < 4.78 is 2.08. The second kappa shape index (κ2) is 6.04. The topological polar surface area (TPSA) is 24.9 Å². The number of nitrogens with zero attached hydrogens (tertiary/aromatic N) is 1. The Kier molecular flexibility index (Phi) is 4.34. The molecule has 5 heteroatoms. The van der Waals surface area contributed by atoms with Crippen molar-refractivity contribution in [1.82, 2.24) is 4.98 Å². The zero-order valence-corrected chi connectivity index (χ0v) is 14.5. The van der Waals surface area contributed by atoms with Crippen LogP contribution in [0.15, 0.2) is 45.5 Å². The summed E-state index contributed by atoms with van der Waals surface area (Å²) >= 11 is 13.0. The number of anilines is 1. The predicted octanol–water partition coefficient (Wildman–Crippen LogP) is 5.62. The van der Waals surface area contributed by atoms with Gasteiger partial charge >= 0.3 is 0 Å². The Hall–Kier alpha value is -0.580. The van der Waals surface area contributed by atoms with Crippen molar-refractivity contribution in [3.63, 3.8) is 0 Å². The molecule has 0 aliphatic heterocycles. The van der Waals surface area contributed by atoms with Crippen LogP contribution in [0.1, 0.15) is 24.3 Å². The van der Waals surface area contributed by atoms with Gasteiger partial charge in [0.2, 0.25) is 0 Å². The van der Waals surface area contributed by atoms with Crippen LogP contribution in [-0.4, -0.2) is 11.0 Å². The van der Waals surface area contributed by atoms with Crippen molar-refractivity contribution in [3.05, 3.63) is 56.2 Å². The van der Waals surface area contributed by atoms with Gasteiger partial charge < -0.3 is 5.32 Å². The molecular formula is C15H13Br2ClN2. The highest BCUT2D eigenvalue weighted by atomic mass is 79.9. The van der Waals surface area contributed by atoms with Crippen molar-refractivity contribution in [2.45, 2.75) is 24.8 Å². The van der Waals surface area contributed by atoms with E-state index in [4.69, 9.17) is 11.6 Å². The van der Waals surface area contributed by atoms with Gasteiger partial charge in [0, 0.05) is 21.2 Å². The number of halogens is 3. The van der Waals surface area contributed by atoms with Gasteiger partial charge in [-0.15, -0.1) is 0 Å². The largest absolute Gasteiger partial charge is 0.380 e. The van der Waals surface area contributed by atoms with E-state index in [0.29, 0.717) is 17.1 Å². The molecule has 1 N–H and O–H groups in total. The summed E-state index contributed by atoms with van der Waals surface area (Å²) in [6.45, 7) is 0. The van der Waals surface area contributed by atoms with Crippen LogP contribution >= 0.6 is 43.5 Å². The molecule has 0 bridgehead atoms. The molecule has 1 fully saturated rings. The maximum atomic E-state index is 6.09. The third-order valence-corrected chi connectivity index (χ3v) is 4.85. The summed E-state index contributed by atoms with van der Waals surface area (Å²) in [6.07, 6.45) is 3.96. The summed E-state index contributed by atoms with van der Waals surface area (Å²) in [5.41, 5.74) is 2.30. The Labute approximate surface area is 140 Å². The Bertz CT molecular complexity index is 627. The lowest BCUT2D eigenvalue weighted by Gasteiger charge is -2.37. The van der Waals surface area contributed by atoms with E-state index < -0.39 is 0 Å². The van der Waals surface area contributed by atoms with E-state index in [1.54, 1.807) is 6.20 Å². The molecule has 0 amide bonds. The predicted molar refractivity (Wildman–Crippen MR) is 90.5 cm³/mol. The molecule has 20 heavy (non-hydrogen) atoms. The smallest absolute Gasteiger partial charge is 0.152 e. The third kappa shape index (κ3) is 3.18. The molecule has 1 saturated carbocycles. The van der Waals surface area contributed by atoms with Crippen molar-refractivity contribution in [2.75, 3.05) is 5.32 Å². The van der Waals surface area contributed by atoms with Crippen molar-refractivity contribution in [1.29, 1.82) is 0 Å². The minimum Gasteiger partial charge on any atom is -0.380 e. The van der Waals surface area contributed by atoms with E-state index >= 15 is 0 Å². The first kappa shape index (κ1) is 14.4. The number of pyridine rings is 1. The van der Waals surface area contributed by atoms with E-state index in [1.165, 1.54) is 5.56 Å². The van der Waals surface area contributed by atoms with Crippen LogP contribution in [0.2, 0.25) is 5.15 Å². The van der Waals surface area contributed by atoms with Gasteiger partial charge in [-0.25, -0.2) is 4.98 Å². The van der Waals surface area contributed by atoms with E-state index in [0.717, 1.165) is 27.5 Å². The molecule has 1 aromatic carbocycles. The fourth-order valence-electron chi connectivity index (χ4n) is 2.51. The van der Waals surface area contributed by atoms with Crippen LogP contribution in [-0.2, 0) is 0 Å². The first-order chi connectivity index (χ1) is 9.61. The molecular weight excluding hydrogens is 403 g/mol. The number of hydrogen-bond donors (Lipinski definition) is 1. The molecule has 1 aliphatic rings. The molecule has 0 saturated heterocycles. The number of nitrogens with one attached hydrogen (secondary N) is 1. The number of aromatic nitrogens is 1. The Balaban J connectivity index is 1.62. The minimum atomic E-state index is 0.465. The van der Waals surface area contributed by atoms with Gasteiger partial charge in [-0.2, -0.15) is 0 Å². The quantitative estimate of drug-likeness (QED) is 0.657. The van der Waals surface area contributed by atoms with Crippen LogP contribution in [0.4, 0.5) is 5.69 Å². The molecule has 1 aliphatic carbocycles. The summed E-state index contributed by atoms with van der Waals surface area (Å²) in [5, 5.41) is 3.99.